The molecule has 206 valence electrons. The van der Waals surface area contributed by atoms with Crippen molar-refractivity contribution in [2.75, 3.05) is 13.7 Å². The Morgan fingerprint density at radius 2 is 2.00 bits per heavy atom. The van der Waals surface area contributed by atoms with Crippen LogP contribution >= 0.6 is 0 Å². The van der Waals surface area contributed by atoms with Crippen LogP contribution in [-0.2, 0) is 24.2 Å². The summed E-state index contributed by atoms with van der Waals surface area (Å²) in [7, 11) is 1.51. The summed E-state index contributed by atoms with van der Waals surface area (Å²) in [5.74, 6) is -2.04. The number of carbonyl (C=O) groups is 1. The maximum absolute atomic E-state index is 15.5. The van der Waals surface area contributed by atoms with Crippen LogP contribution in [0.5, 0.6) is 11.6 Å². The third-order valence-electron chi connectivity index (χ3n) is 8.04. The standard InChI is InChI=1S/C31H34F2N2O4/c1-18(31(36)37)13-22-7-6-20-9-11-27(39-30(20)29(22)33)21-8-10-24(25-15-28(38-3)34-16-26(25)32)23(14-21)17-35-12-4-5-19(35)2/h6-8,10,14-16,18-19,27H,4-5,9,11-13,17H2,1-3H3,(H,36,37). The van der Waals surface area contributed by atoms with E-state index in [0.717, 1.165) is 41.6 Å². The maximum Gasteiger partial charge on any atom is 0.306 e. The Morgan fingerprint density at radius 3 is 2.72 bits per heavy atom. The molecule has 8 heteroatoms. The van der Waals surface area contributed by atoms with E-state index in [9.17, 15) is 14.3 Å². The van der Waals surface area contributed by atoms with Gasteiger partial charge in [0.25, 0.3) is 0 Å². The molecule has 1 saturated heterocycles. The Labute approximate surface area is 227 Å². The minimum atomic E-state index is -0.964. The first-order valence-electron chi connectivity index (χ1n) is 13.5. The molecule has 2 aliphatic heterocycles. The van der Waals surface area contributed by atoms with E-state index >= 15 is 4.39 Å². The number of aromatic nitrogens is 1. The number of likely N-dealkylation sites (tertiary alicyclic amines) is 1. The van der Waals surface area contributed by atoms with E-state index in [1.54, 1.807) is 19.1 Å². The van der Waals surface area contributed by atoms with Crippen molar-refractivity contribution in [1.29, 1.82) is 0 Å². The number of carboxylic acid groups (broad SMARTS) is 1. The molecule has 2 aromatic carbocycles. The zero-order valence-corrected chi connectivity index (χ0v) is 22.5. The quantitative estimate of drug-likeness (QED) is 0.362. The zero-order valence-electron chi connectivity index (χ0n) is 22.5. The molecule has 6 nitrogen and oxygen atoms in total. The molecule has 0 bridgehead atoms. The maximum atomic E-state index is 15.5. The summed E-state index contributed by atoms with van der Waals surface area (Å²) in [6.45, 7) is 5.40. The predicted octanol–water partition coefficient (Wildman–Crippen LogP) is 6.35. The Morgan fingerprint density at radius 1 is 1.18 bits per heavy atom. The van der Waals surface area contributed by atoms with Crippen LogP contribution in [0.25, 0.3) is 11.1 Å². The van der Waals surface area contributed by atoms with Gasteiger partial charge in [0.1, 0.15) is 11.9 Å². The Balaban J connectivity index is 1.49. The Bertz CT molecular complexity index is 1380. The van der Waals surface area contributed by atoms with Crippen molar-refractivity contribution in [3.63, 3.8) is 0 Å². The number of hydrogen-bond acceptors (Lipinski definition) is 5. The van der Waals surface area contributed by atoms with Gasteiger partial charge < -0.3 is 14.6 Å². The summed E-state index contributed by atoms with van der Waals surface area (Å²) in [4.78, 5) is 17.7. The van der Waals surface area contributed by atoms with Crippen molar-refractivity contribution in [1.82, 2.24) is 9.88 Å². The van der Waals surface area contributed by atoms with Gasteiger partial charge in [-0.3, -0.25) is 9.69 Å². The number of aryl methyl sites for hydroxylation is 1. The molecule has 3 unspecified atom stereocenters. The molecule has 5 rings (SSSR count). The average Bonchev–Trinajstić information content (AvgIpc) is 3.34. The SMILES string of the molecule is COc1cc(-c2ccc(C3CCc4ccc(CC(C)C(=O)O)c(F)c4O3)cc2CN2CCCC2C)c(F)cn1. The molecule has 3 heterocycles. The van der Waals surface area contributed by atoms with E-state index in [1.807, 2.05) is 18.2 Å². The first-order chi connectivity index (χ1) is 18.7. The fraction of sp³-hybridized carbons (Fsp3) is 0.419. The zero-order chi connectivity index (χ0) is 27.7. The van der Waals surface area contributed by atoms with Crippen molar-refractivity contribution in [3.8, 4) is 22.8 Å². The molecule has 39 heavy (non-hydrogen) atoms. The molecule has 1 aromatic heterocycles. The van der Waals surface area contributed by atoms with Crippen molar-refractivity contribution in [2.45, 2.75) is 64.6 Å². The molecule has 1 fully saturated rings. The molecule has 0 amide bonds. The molecule has 3 atom stereocenters. The van der Waals surface area contributed by atoms with Gasteiger partial charge in [0, 0.05) is 24.2 Å². The van der Waals surface area contributed by atoms with Gasteiger partial charge in [-0.1, -0.05) is 37.3 Å². The van der Waals surface area contributed by atoms with Crippen LogP contribution in [0.2, 0.25) is 0 Å². The molecule has 0 saturated carbocycles. The van der Waals surface area contributed by atoms with E-state index in [2.05, 4.69) is 22.9 Å². The molecule has 2 aliphatic rings. The number of aliphatic carboxylic acids is 1. The molecule has 3 aromatic rings. The number of carboxylic acids is 1. The highest BCUT2D eigenvalue weighted by atomic mass is 19.1. The van der Waals surface area contributed by atoms with E-state index in [4.69, 9.17) is 9.47 Å². The van der Waals surface area contributed by atoms with Crippen molar-refractivity contribution in [3.05, 3.63) is 76.5 Å². The first-order valence-corrected chi connectivity index (χ1v) is 13.5. The molecule has 1 N–H and O–H groups in total. The van der Waals surface area contributed by atoms with Crippen LogP contribution in [0.4, 0.5) is 8.78 Å². The highest BCUT2D eigenvalue weighted by Crippen LogP contribution is 2.40. The number of hydrogen-bond donors (Lipinski definition) is 1. The number of rotatable bonds is 8. The lowest BCUT2D eigenvalue weighted by Gasteiger charge is -2.29. The monoisotopic (exact) mass is 536 g/mol. The van der Waals surface area contributed by atoms with Crippen LogP contribution in [0.3, 0.4) is 0 Å². The molecular formula is C31H34F2N2O4. The molecule has 0 radical (unpaired) electrons. The summed E-state index contributed by atoms with van der Waals surface area (Å²) in [5.41, 5.74) is 4.18. The number of fused-ring (bicyclic) bond motifs is 1. The highest BCUT2D eigenvalue weighted by Gasteiger charge is 2.28. The van der Waals surface area contributed by atoms with Gasteiger partial charge in [0.2, 0.25) is 5.88 Å². The predicted molar refractivity (Wildman–Crippen MR) is 144 cm³/mol. The number of benzene rings is 2. The number of nitrogens with zero attached hydrogens (tertiary/aromatic N) is 2. The van der Waals surface area contributed by atoms with Gasteiger partial charge in [-0.2, -0.15) is 0 Å². The fourth-order valence-corrected chi connectivity index (χ4v) is 5.65. The minimum absolute atomic E-state index is 0.0935. The smallest absolute Gasteiger partial charge is 0.306 e. The number of methoxy groups -OCH3 is 1. The van der Waals surface area contributed by atoms with Crippen LogP contribution in [0.15, 0.2) is 42.6 Å². The third-order valence-corrected chi connectivity index (χ3v) is 8.04. The molecule has 0 spiro atoms. The second kappa shape index (κ2) is 11.3. The van der Waals surface area contributed by atoms with Gasteiger partial charge >= 0.3 is 5.97 Å². The number of halogens is 2. The van der Waals surface area contributed by atoms with Crippen LogP contribution in [0.1, 0.15) is 61.5 Å². The van der Waals surface area contributed by atoms with Gasteiger partial charge in [-0.15, -0.1) is 0 Å². The normalized spacial score (nSPS) is 19.8. The Kier molecular flexibility index (Phi) is 7.84. The minimum Gasteiger partial charge on any atom is -0.482 e. The second-order valence-corrected chi connectivity index (χ2v) is 10.7. The number of ether oxygens (including phenoxy) is 2. The second-order valence-electron chi connectivity index (χ2n) is 10.7. The van der Waals surface area contributed by atoms with Gasteiger partial charge in [0.15, 0.2) is 11.6 Å². The van der Waals surface area contributed by atoms with E-state index in [1.165, 1.54) is 13.3 Å². The lowest BCUT2D eigenvalue weighted by molar-refractivity contribution is -0.141. The van der Waals surface area contributed by atoms with Crippen LogP contribution < -0.4 is 9.47 Å². The third kappa shape index (κ3) is 5.62. The van der Waals surface area contributed by atoms with Gasteiger partial charge in [0.05, 0.1) is 19.2 Å². The van der Waals surface area contributed by atoms with Crippen molar-refractivity contribution >= 4 is 5.97 Å². The van der Waals surface area contributed by atoms with Gasteiger partial charge in [-0.25, -0.2) is 13.8 Å². The first kappa shape index (κ1) is 27.1. The summed E-state index contributed by atoms with van der Waals surface area (Å²) < 4.78 is 41.9. The Hall–Kier alpha value is -3.52. The lowest BCUT2D eigenvalue weighted by Crippen LogP contribution is -2.26. The largest absolute Gasteiger partial charge is 0.482 e. The van der Waals surface area contributed by atoms with E-state index < -0.39 is 23.5 Å². The van der Waals surface area contributed by atoms with Crippen molar-refractivity contribution < 1.29 is 28.2 Å². The summed E-state index contributed by atoms with van der Waals surface area (Å²) >= 11 is 0. The summed E-state index contributed by atoms with van der Waals surface area (Å²) in [6.07, 6.45) is 4.46. The fourth-order valence-electron chi connectivity index (χ4n) is 5.65. The highest BCUT2D eigenvalue weighted by molar-refractivity contribution is 5.70. The average molecular weight is 537 g/mol. The summed E-state index contributed by atoms with van der Waals surface area (Å²) in [6, 6.07) is 11.4. The van der Waals surface area contributed by atoms with E-state index in [0.29, 0.717) is 42.4 Å². The van der Waals surface area contributed by atoms with Crippen molar-refractivity contribution in [2.24, 2.45) is 5.92 Å². The van der Waals surface area contributed by atoms with Gasteiger partial charge in [-0.05, 0) is 73.4 Å². The summed E-state index contributed by atoms with van der Waals surface area (Å²) in [5, 5.41) is 9.27. The molecular weight excluding hydrogens is 502 g/mol. The number of pyridine rings is 1. The topological polar surface area (TPSA) is 71.9 Å². The van der Waals surface area contributed by atoms with Crippen LogP contribution in [-0.4, -0.2) is 40.7 Å². The lowest BCUT2D eigenvalue weighted by atomic mass is 9.91. The van der Waals surface area contributed by atoms with Crippen LogP contribution in [0, 0.1) is 17.6 Å². The molecule has 0 aliphatic carbocycles. The van der Waals surface area contributed by atoms with E-state index in [-0.39, 0.29) is 18.3 Å².